The maximum Gasteiger partial charge on any atom is 0.348 e. The summed E-state index contributed by atoms with van der Waals surface area (Å²) in [6.45, 7) is 0.909. The van der Waals surface area contributed by atoms with Crippen LogP contribution >= 0.6 is 0 Å². The van der Waals surface area contributed by atoms with Crippen molar-refractivity contribution >= 4 is 28.8 Å². The summed E-state index contributed by atoms with van der Waals surface area (Å²) < 4.78 is 7.06. The van der Waals surface area contributed by atoms with Gasteiger partial charge in [0.15, 0.2) is 6.23 Å². The molecule has 10 heteroatoms. The normalized spacial score (nSPS) is 31.4. The van der Waals surface area contributed by atoms with Gasteiger partial charge in [0.05, 0.1) is 12.0 Å². The Morgan fingerprint density at radius 1 is 1.40 bits per heavy atom. The first-order chi connectivity index (χ1) is 11.8. The van der Waals surface area contributed by atoms with Crippen molar-refractivity contribution in [1.29, 1.82) is 0 Å². The van der Waals surface area contributed by atoms with Gasteiger partial charge in [-0.15, -0.1) is 0 Å². The van der Waals surface area contributed by atoms with Crippen molar-refractivity contribution in [2.75, 3.05) is 11.9 Å². The molecule has 2 aliphatic heterocycles. The highest BCUT2D eigenvalue weighted by atomic mass is 16.6. The van der Waals surface area contributed by atoms with Crippen molar-refractivity contribution in [2.45, 2.75) is 31.0 Å². The summed E-state index contributed by atoms with van der Waals surface area (Å²) in [5.41, 5.74) is -1.55. The highest BCUT2D eigenvalue weighted by Gasteiger charge is 2.53. The van der Waals surface area contributed by atoms with Crippen LogP contribution in [0.3, 0.4) is 0 Å². The molecule has 0 saturated carbocycles. The molecule has 0 bridgehead atoms. The van der Waals surface area contributed by atoms with E-state index in [9.17, 15) is 24.9 Å². The third-order valence-corrected chi connectivity index (χ3v) is 4.58. The Kier molecular flexibility index (Phi) is 3.34. The molecule has 2 aliphatic rings. The quantitative estimate of drug-likeness (QED) is 0.452. The minimum absolute atomic E-state index is 0.0967. The van der Waals surface area contributed by atoms with E-state index < -0.39 is 42.2 Å². The van der Waals surface area contributed by atoms with Crippen LogP contribution in [-0.2, 0) is 9.53 Å². The Hall–Kier alpha value is -2.53. The molecule has 0 aromatic carbocycles. The average molecular weight is 348 g/mol. The minimum Gasteiger partial charge on any atom is -0.394 e. The number of anilines is 1. The van der Waals surface area contributed by atoms with Gasteiger partial charge < -0.3 is 29.9 Å². The molecule has 0 spiro atoms. The summed E-state index contributed by atoms with van der Waals surface area (Å²) in [5.74, 6) is -0.318. The second-order valence-corrected chi connectivity index (χ2v) is 6.31. The molecule has 5 N–H and O–H groups in total. The number of carbonyl (C=O) groups is 1. The largest absolute Gasteiger partial charge is 0.394 e. The molecular formula is C15H16N4O6. The van der Waals surface area contributed by atoms with Gasteiger partial charge in [-0.2, -0.15) is 4.98 Å². The Labute approximate surface area is 140 Å². The molecular weight excluding hydrogens is 332 g/mol. The molecule has 0 aliphatic carbocycles. The molecule has 4 heterocycles. The number of aliphatic hydroxyl groups excluding tert-OH is 2. The predicted molar refractivity (Wildman–Crippen MR) is 85.6 cm³/mol. The fourth-order valence-corrected chi connectivity index (χ4v) is 3.32. The van der Waals surface area contributed by atoms with Crippen LogP contribution in [0.5, 0.6) is 0 Å². The number of ether oxygens (including phenoxy) is 1. The van der Waals surface area contributed by atoms with Crippen LogP contribution in [0.2, 0.25) is 0 Å². The van der Waals surface area contributed by atoms with E-state index >= 15 is 0 Å². The maximum absolute atomic E-state index is 11.9. The summed E-state index contributed by atoms with van der Waals surface area (Å²) in [6.07, 6.45) is 1.06. The number of aromatic amines is 1. The number of hydrogen-bond donors (Lipinski definition) is 5. The molecule has 0 radical (unpaired) electrons. The van der Waals surface area contributed by atoms with E-state index in [4.69, 9.17) is 4.74 Å². The molecule has 2 aromatic heterocycles. The molecule has 2 aromatic rings. The Balaban J connectivity index is 1.95. The van der Waals surface area contributed by atoms with Crippen molar-refractivity contribution in [1.82, 2.24) is 14.5 Å². The van der Waals surface area contributed by atoms with E-state index in [-0.39, 0.29) is 11.5 Å². The van der Waals surface area contributed by atoms with Crippen molar-refractivity contribution in [3.8, 4) is 0 Å². The minimum atomic E-state index is -1.71. The van der Waals surface area contributed by atoms with Gasteiger partial charge in [0.1, 0.15) is 29.3 Å². The van der Waals surface area contributed by atoms with E-state index in [0.29, 0.717) is 10.9 Å². The molecule has 25 heavy (non-hydrogen) atoms. The van der Waals surface area contributed by atoms with Crippen molar-refractivity contribution in [2.24, 2.45) is 0 Å². The highest BCUT2D eigenvalue weighted by molar-refractivity contribution is 6.11. The number of amides is 1. The molecule has 132 valence electrons. The van der Waals surface area contributed by atoms with Crippen LogP contribution in [0.25, 0.3) is 17.1 Å². The highest BCUT2D eigenvalue weighted by Crippen LogP contribution is 2.41. The summed E-state index contributed by atoms with van der Waals surface area (Å²) in [6, 6.07) is 0. The van der Waals surface area contributed by atoms with Crippen LogP contribution in [-0.4, -0.2) is 60.2 Å². The lowest BCUT2D eigenvalue weighted by Crippen LogP contribution is -2.44. The maximum atomic E-state index is 11.9. The second kappa shape index (κ2) is 5.23. The van der Waals surface area contributed by atoms with Crippen LogP contribution < -0.4 is 11.0 Å². The average Bonchev–Trinajstić information content (AvgIpc) is 2.94. The topological polar surface area (TPSA) is 150 Å². The second-order valence-electron chi connectivity index (χ2n) is 6.31. The fraction of sp³-hybridized carbons (Fsp3) is 0.400. The fourth-order valence-electron chi connectivity index (χ4n) is 3.32. The monoisotopic (exact) mass is 348 g/mol. The van der Waals surface area contributed by atoms with Gasteiger partial charge in [-0.25, -0.2) is 4.79 Å². The molecule has 10 nitrogen and oxygen atoms in total. The predicted octanol–water partition coefficient (Wildman–Crippen LogP) is -1.31. The summed E-state index contributed by atoms with van der Waals surface area (Å²) in [5, 5.41) is 33.2. The molecule has 4 rings (SSSR count). The number of aliphatic hydroxyl groups is 3. The zero-order valence-electron chi connectivity index (χ0n) is 13.1. The van der Waals surface area contributed by atoms with Gasteiger partial charge in [0.2, 0.25) is 5.91 Å². The Morgan fingerprint density at radius 3 is 2.84 bits per heavy atom. The summed E-state index contributed by atoms with van der Waals surface area (Å²) in [4.78, 5) is 29.9. The molecule has 0 unspecified atom stereocenters. The first kappa shape index (κ1) is 16.0. The van der Waals surface area contributed by atoms with Crippen LogP contribution in [0.15, 0.2) is 17.1 Å². The van der Waals surface area contributed by atoms with E-state index in [0.717, 1.165) is 0 Å². The number of nitrogens with one attached hydrogen (secondary N) is 2. The number of carbonyl (C=O) groups excluding carboxylic acids is 1. The smallest absolute Gasteiger partial charge is 0.348 e. The van der Waals surface area contributed by atoms with E-state index in [1.54, 1.807) is 12.3 Å². The molecule has 1 amide bonds. The summed E-state index contributed by atoms with van der Waals surface area (Å²) in [7, 11) is 0. The number of nitrogens with zero attached hydrogens (tertiary/aromatic N) is 2. The zero-order chi connectivity index (χ0) is 17.9. The van der Waals surface area contributed by atoms with Crippen molar-refractivity contribution in [3.63, 3.8) is 0 Å². The number of aromatic nitrogens is 3. The number of H-pyrrole nitrogens is 1. The summed E-state index contributed by atoms with van der Waals surface area (Å²) >= 11 is 0. The van der Waals surface area contributed by atoms with Crippen molar-refractivity contribution < 1.29 is 24.9 Å². The Bertz CT molecular complexity index is 959. The van der Waals surface area contributed by atoms with E-state index in [1.165, 1.54) is 17.6 Å². The van der Waals surface area contributed by atoms with Crippen LogP contribution in [0.1, 0.15) is 18.7 Å². The first-order valence-electron chi connectivity index (χ1n) is 7.63. The molecule has 1 saturated heterocycles. The number of rotatable bonds is 2. The lowest BCUT2D eigenvalue weighted by molar-refractivity contribution is -0.111. The molecule has 1 fully saturated rings. The lowest BCUT2D eigenvalue weighted by Gasteiger charge is -2.27. The van der Waals surface area contributed by atoms with Gasteiger partial charge in [-0.1, -0.05) is 0 Å². The molecule has 4 atom stereocenters. The number of hydrogen-bond acceptors (Lipinski definition) is 7. The standard InChI is InChI=1S/C15H16N4O6/c1-15(24)10(22)7(5-20)25-13(15)19-4-6-2-3-8(21)16-11-9(6)12(19)18-14(23)17-11/h2-4,7,10,13,20,22,24H,5H2,1H3,(H2,16,17,18,21,23)/t7-,10-,13-,15-/m1/s1. The first-order valence-corrected chi connectivity index (χ1v) is 7.63. The van der Waals surface area contributed by atoms with Crippen LogP contribution in [0, 0.1) is 0 Å². The van der Waals surface area contributed by atoms with E-state index in [1.807, 2.05) is 0 Å². The van der Waals surface area contributed by atoms with E-state index in [2.05, 4.69) is 15.3 Å². The van der Waals surface area contributed by atoms with Crippen LogP contribution in [0.4, 0.5) is 5.82 Å². The third kappa shape index (κ3) is 2.23. The van der Waals surface area contributed by atoms with Gasteiger partial charge in [0.25, 0.3) is 0 Å². The van der Waals surface area contributed by atoms with Gasteiger partial charge in [-0.3, -0.25) is 9.78 Å². The van der Waals surface area contributed by atoms with Gasteiger partial charge in [-0.05, 0) is 13.0 Å². The third-order valence-electron chi connectivity index (χ3n) is 4.58. The zero-order valence-corrected chi connectivity index (χ0v) is 13.1. The Morgan fingerprint density at radius 2 is 2.16 bits per heavy atom. The lowest BCUT2D eigenvalue weighted by atomic mass is 9.96. The SMILES string of the molecule is C[C@@]1(O)[C@H](O)[C@@H](CO)O[C@H]1n1cc2c3c(nc(=O)[nH]c31)NC(=O)C=C2. The van der Waals surface area contributed by atoms with Gasteiger partial charge in [0, 0.05) is 17.8 Å². The van der Waals surface area contributed by atoms with Gasteiger partial charge >= 0.3 is 5.69 Å². The van der Waals surface area contributed by atoms with Crippen molar-refractivity contribution in [3.05, 3.63) is 28.3 Å².